The van der Waals surface area contributed by atoms with Gasteiger partial charge in [-0.3, -0.25) is 0 Å². The Morgan fingerprint density at radius 1 is 0.408 bits per heavy atom. The summed E-state index contributed by atoms with van der Waals surface area (Å²) in [5, 5.41) is 7.25. The fourth-order valence-corrected chi connectivity index (χ4v) is 8.56. The van der Waals surface area contributed by atoms with Crippen LogP contribution in [0.25, 0.3) is 75.1 Å². The lowest BCUT2D eigenvalue weighted by Gasteiger charge is -2.26. The molecule has 0 atom stereocenters. The van der Waals surface area contributed by atoms with Crippen molar-refractivity contribution in [3.63, 3.8) is 0 Å². The Morgan fingerprint density at radius 2 is 1.08 bits per heavy atom. The van der Waals surface area contributed by atoms with Crippen molar-refractivity contribution in [3.05, 3.63) is 176 Å². The van der Waals surface area contributed by atoms with Crippen LogP contribution in [0.5, 0.6) is 0 Å². The standard InChI is InChI=1S/C46H29NOS/c1-3-12-30(13-4-1)31-22-24-34(25-23-31)47(33-15-5-2-6-16-33)35-26-27-42-39(29-35)44-38(19-11-21-43(44)49-42)45-36-17-8-7-14-32(36)28-41-46(45)37-18-9-10-20-40(37)48-41/h1-29H. The lowest BCUT2D eigenvalue weighted by atomic mass is 9.91. The van der Waals surface area contributed by atoms with Gasteiger partial charge in [-0.1, -0.05) is 115 Å². The van der Waals surface area contributed by atoms with E-state index in [1.165, 1.54) is 58.6 Å². The maximum Gasteiger partial charge on any atom is 0.136 e. The molecule has 0 aliphatic rings. The van der Waals surface area contributed by atoms with Gasteiger partial charge >= 0.3 is 0 Å². The number of para-hydroxylation sites is 2. The predicted octanol–water partition coefficient (Wildman–Crippen LogP) is 13.9. The van der Waals surface area contributed by atoms with E-state index < -0.39 is 0 Å². The van der Waals surface area contributed by atoms with E-state index >= 15 is 0 Å². The van der Waals surface area contributed by atoms with Crippen molar-refractivity contribution >= 4 is 81.3 Å². The molecule has 2 nitrogen and oxygen atoms in total. The van der Waals surface area contributed by atoms with Crippen LogP contribution in [-0.4, -0.2) is 0 Å². The summed E-state index contributed by atoms with van der Waals surface area (Å²) in [5.74, 6) is 0. The minimum absolute atomic E-state index is 0.912. The summed E-state index contributed by atoms with van der Waals surface area (Å²) in [6.07, 6.45) is 0. The number of thiophene rings is 1. The Kier molecular flexibility index (Phi) is 6.39. The smallest absolute Gasteiger partial charge is 0.136 e. The summed E-state index contributed by atoms with van der Waals surface area (Å²) in [7, 11) is 0. The second kappa shape index (κ2) is 11.2. The molecule has 0 fully saturated rings. The summed E-state index contributed by atoms with van der Waals surface area (Å²) in [5.41, 5.74) is 10.1. The SMILES string of the molecule is c1ccc(-c2ccc(N(c3ccccc3)c3ccc4sc5cccc(-c6c7ccccc7cc7oc8ccccc8c67)c5c4c3)cc2)cc1. The molecule has 0 bridgehead atoms. The van der Waals surface area contributed by atoms with Gasteiger partial charge in [0.2, 0.25) is 0 Å². The van der Waals surface area contributed by atoms with E-state index in [0.29, 0.717) is 0 Å². The van der Waals surface area contributed by atoms with Crippen molar-refractivity contribution in [2.45, 2.75) is 0 Å². The topological polar surface area (TPSA) is 16.4 Å². The van der Waals surface area contributed by atoms with Crippen molar-refractivity contribution < 1.29 is 4.42 Å². The van der Waals surface area contributed by atoms with Gasteiger partial charge in [0.15, 0.2) is 0 Å². The van der Waals surface area contributed by atoms with Gasteiger partial charge in [0.1, 0.15) is 11.2 Å². The normalized spacial score (nSPS) is 11.7. The first kappa shape index (κ1) is 27.9. The molecule has 2 heterocycles. The van der Waals surface area contributed by atoms with Gasteiger partial charge in [-0.25, -0.2) is 0 Å². The third-order valence-electron chi connectivity index (χ3n) is 9.64. The van der Waals surface area contributed by atoms with Crippen molar-refractivity contribution in [2.24, 2.45) is 0 Å². The maximum absolute atomic E-state index is 6.48. The average Bonchev–Trinajstić information content (AvgIpc) is 3.73. The first-order chi connectivity index (χ1) is 24.3. The van der Waals surface area contributed by atoms with E-state index in [9.17, 15) is 0 Å². The monoisotopic (exact) mass is 643 g/mol. The molecule has 0 spiro atoms. The zero-order valence-corrected chi connectivity index (χ0v) is 27.3. The van der Waals surface area contributed by atoms with Crippen LogP contribution in [0.2, 0.25) is 0 Å². The van der Waals surface area contributed by atoms with Crippen LogP contribution >= 0.6 is 11.3 Å². The van der Waals surface area contributed by atoms with Crippen LogP contribution < -0.4 is 4.90 Å². The number of hydrogen-bond acceptors (Lipinski definition) is 3. The lowest BCUT2D eigenvalue weighted by Crippen LogP contribution is -2.09. The molecule has 0 unspecified atom stereocenters. The average molecular weight is 644 g/mol. The van der Waals surface area contributed by atoms with Crippen LogP contribution in [-0.2, 0) is 0 Å². The van der Waals surface area contributed by atoms with E-state index in [1.807, 2.05) is 17.4 Å². The molecular formula is C46H29NOS. The highest BCUT2D eigenvalue weighted by atomic mass is 32.1. The summed E-state index contributed by atoms with van der Waals surface area (Å²) >= 11 is 1.86. The number of hydrogen-bond donors (Lipinski definition) is 0. The second-order valence-electron chi connectivity index (χ2n) is 12.5. The highest BCUT2D eigenvalue weighted by Gasteiger charge is 2.21. The van der Waals surface area contributed by atoms with E-state index in [0.717, 1.165) is 33.6 Å². The number of nitrogens with zero attached hydrogens (tertiary/aromatic N) is 1. The Balaban J connectivity index is 1.22. The Hall–Kier alpha value is -6.16. The number of fused-ring (bicyclic) bond motifs is 7. The lowest BCUT2D eigenvalue weighted by molar-refractivity contribution is 0.669. The fourth-order valence-electron chi connectivity index (χ4n) is 7.45. The maximum atomic E-state index is 6.48. The van der Waals surface area contributed by atoms with Crippen molar-refractivity contribution in [2.75, 3.05) is 4.90 Å². The molecule has 0 saturated carbocycles. The van der Waals surface area contributed by atoms with Gasteiger partial charge in [0.05, 0.1) is 0 Å². The number of anilines is 3. The first-order valence-electron chi connectivity index (χ1n) is 16.6. The summed E-state index contributed by atoms with van der Waals surface area (Å²) in [6.45, 7) is 0. The largest absolute Gasteiger partial charge is 0.456 e. The third-order valence-corrected chi connectivity index (χ3v) is 10.8. The van der Waals surface area contributed by atoms with Crippen molar-refractivity contribution in [1.29, 1.82) is 0 Å². The molecule has 0 aliphatic carbocycles. The molecule has 0 saturated heterocycles. The van der Waals surface area contributed by atoms with Gasteiger partial charge in [-0.05, 0) is 88.1 Å². The van der Waals surface area contributed by atoms with Crippen molar-refractivity contribution in [1.82, 2.24) is 0 Å². The third kappa shape index (κ3) is 4.55. The van der Waals surface area contributed by atoms with Gasteiger partial charge in [-0.15, -0.1) is 11.3 Å². The summed E-state index contributed by atoms with van der Waals surface area (Å²) in [6, 6.07) is 63.1. The van der Waals surface area contributed by atoms with E-state index in [-0.39, 0.29) is 0 Å². The molecule has 10 rings (SSSR count). The van der Waals surface area contributed by atoms with Gasteiger partial charge in [0, 0.05) is 53.6 Å². The molecule has 10 aromatic rings. The quantitative estimate of drug-likeness (QED) is 0.186. The zero-order chi connectivity index (χ0) is 32.3. The summed E-state index contributed by atoms with van der Waals surface area (Å²) in [4.78, 5) is 2.36. The van der Waals surface area contributed by atoms with E-state index in [1.54, 1.807) is 0 Å². The molecular weight excluding hydrogens is 615 g/mol. The number of benzene rings is 8. The van der Waals surface area contributed by atoms with E-state index in [2.05, 4.69) is 175 Å². The number of rotatable bonds is 5. The molecule has 8 aromatic carbocycles. The molecule has 49 heavy (non-hydrogen) atoms. The van der Waals surface area contributed by atoms with Gasteiger partial charge in [-0.2, -0.15) is 0 Å². The summed E-state index contributed by atoms with van der Waals surface area (Å²) < 4.78 is 9.03. The minimum atomic E-state index is 0.912. The minimum Gasteiger partial charge on any atom is -0.456 e. The van der Waals surface area contributed by atoms with Crippen LogP contribution in [0, 0.1) is 0 Å². The predicted molar refractivity (Wildman–Crippen MR) is 210 cm³/mol. The highest BCUT2D eigenvalue weighted by Crippen LogP contribution is 2.48. The van der Waals surface area contributed by atoms with Gasteiger partial charge < -0.3 is 9.32 Å². The Morgan fingerprint density at radius 3 is 1.92 bits per heavy atom. The molecule has 0 aliphatic heterocycles. The molecule has 0 radical (unpaired) electrons. The van der Waals surface area contributed by atoms with Crippen LogP contribution in [0.1, 0.15) is 0 Å². The van der Waals surface area contributed by atoms with Crippen molar-refractivity contribution in [3.8, 4) is 22.3 Å². The molecule has 0 amide bonds. The Labute approximate surface area is 287 Å². The van der Waals surface area contributed by atoms with E-state index in [4.69, 9.17) is 4.42 Å². The molecule has 0 N–H and O–H groups in total. The molecule has 3 heteroatoms. The molecule has 230 valence electrons. The highest BCUT2D eigenvalue weighted by molar-refractivity contribution is 7.26. The molecule has 2 aromatic heterocycles. The van der Waals surface area contributed by atoms with Crippen LogP contribution in [0.15, 0.2) is 180 Å². The second-order valence-corrected chi connectivity index (χ2v) is 13.6. The Bertz CT molecular complexity index is 2810. The first-order valence-corrected chi connectivity index (χ1v) is 17.4. The van der Waals surface area contributed by atoms with Crippen LogP contribution in [0.3, 0.4) is 0 Å². The number of furan rings is 1. The fraction of sp³-hybridized carbons (Fsp3) is 0. The zero-order valence-electron chi connectivity index (χ0n) is 26.5. The van der Waals surface area contributed by atoms with Crippen LogP contribution in [0.4, 0.5) is 17.1 Å². The van der Waals surface area contributed by atoms with Gasteiger partial charge in [0.25, 0.3) is 0 Å².